The van der Waals surface area contributed by atoms with Gasteiger partial charge in [-0.1, -0.05) is 0 Å². The number of hydrogen-bond acceptors (Lipinski definition) is 2. The summed E-state index contributed by atoms with van der Waals surface area (Å²) in [6, 6.07) is 10.4. The van der Waals surface area contributed by atoms with Crippen molar-refractivity contribution in [3.8, 4) is 0 Å². The van der Waals surface area contributed by atoms with Crippen molar-refractivity contribution < 1.29 is 9.59 Å². The van der Waals surface area contributed by atoms with E-state index in [0.717, 1.165) is 18.2 Å². The first-order valence-electron chi connectivity index (χ1n) is 6.44. The van der Waals surface area contributed by atoms with E-state index in [0.29, 0.717) is 15.0 Å². The predicted molar refractivity (Wildman–Crippen MR) is 73.4 cm³/mol. The summed E-state index contributed by atoms with van der Waals surface area (Å²) in [5.41, 5.74) is -0.603. The Morgan fingerprint density at radius 2 is 2.11 bits per heavy atom. The minimum absolute atomic E-state index is 0.132. The summed E-state index contributed by atoms with van der Waals surface area (Å²) in [7, 11) is 0. The van der Waals surface area contributed by atoms with Crippen molar-refractivity contribution in [2.24, 2.45) is 0 Å². The van der Waals surface area contributed by atoms with E-state index in [1.54, 1.807) is 4.90 Å². The number of benzene rings is 1. The molecule has 1 N–H and O–H groups in total. The maximum absolute atomic E-state index is 11.9. The van der Waals surface area contributed by atoms with E-state index in [4.69, 9.17) is 0 Å². The number of carbonyl (C=O) groups is 2. The molecule has 4 nitrogen and oxygen atoms in total. The van der Waals surface area contributed by atoms with E-state index >= 15 is 0 Å². The zero-order valence-electron chi connectivity index (χ0n) is 10.8. The summed E-state index contributed by atoms with van der Waals surface area (Å²) in [5.74, 6) is -0.132. The van der Waals surface area contributed by atoms with E-state index in [1.165, 1.54) is 4.46 Å². The van der Waals surface area contributed by atoms with Gasteiger partial charge in [-0.3, -0.25) is 0 Å². The van der Waals surface area contributed by atoms with Crippen LogP contribution in [0.25, 0.3) is 0 Å². The number of imide groups is 1. The van der Waals surface area contributed by atoms with Crippen molar-refractivity contribution >= 4 is 31.4 Å². The molecule has 2 atom stereocenters. The van der Waals surface area contributed by atoms with Gasteiger partial charge in [-0.25, -0.2) is 0 Å². The Kier molecular flexibility index (Phi) is 3.11. The van der Waals surface area contributed by atoms with Crippen molar-refractivity contribution in [3.05, 3.63) is 30.3 Å². The van der Waals surface area contributed by atoms with E-state index in [-0.39, 0.29) is 18.0 Å². The Morgan fingerprint density at radius 1 is 1.37 bits per heavy atom. The Bertz CT molecular complexity index is 519. The molecule has 1 aromatic rings. The molecule has 19 heavy (non-hydrogen) atoms. The molecule has 2 heterocycles. The van der Waals surface area contributed by atoms with Crippen LogP contribution in [0.15, 0.2) is 30.3 Å². The SMILES string of the molecule is C[C@@]12CC[C@@H](C[Se]c3ccccc3)N1C(=O)NC2=O. The Morgan fingerprint density at radius 3 is 2.84 bits per heavy atom. The molecule has 0 radical (unpaired) electrons. The van der Waals surface area contributed by atoms with Gasteiger partial charge in [-0.15, -0.1) is 0 Å². The normalized spacial score (nSPS) is 29.5. The maximum atomic E-state index is 11.9. The number of carbonyl (C=O) groups excluding carboxylic acids is 2. The van der Waals surface area contributed by atoms with Gasteiger partial charge in [0.1, 0.15) is 0 Å². The number of fused-ring (bicyclic) bond motifs is 1. The van der Waals surface area contributed by atoms with Crippen LogP contribution in [0.5, 0.6) is 0 Å². The Hall–Kier alpha value is -1.32. The molecule has 2 aliphatic rings. The number of urea groups is 1. The third kappa shape index (κ3) is 2.07. The number of amides is 3. The van der Waals surface area contributed by atoms with E-state index < -0.39 is 5.54 Å². The molecule has 2 fully saturated rings. The summed E-state index contributed by atoms with van der Waals surface area (Å²) in [5, 5.41) is 3.42. The summed E-state index contributed by atoms with van der Waals surface area (Å²) in [6.07, 6.45) is 1.71. The zero-order valence-corrected chi connectivity index (χ0v) is 12.5. The van der Waals surface area contributed by atoms with Gasteiger partial charge in [-0.05, 0) is 0 Å². The van der Waals surface area contributed by atoms with Crippen LogP contribution in [0.3, 0.4) is 0 Å². The molecule has 0 bridgehead atoms. The van der Waals surface area contributed by atoms with Gasteiger partial charge in [0, 0.05) is 0 Å². The van der Waals surface area contributed by atoms with Crippen molar-refractivity contribution in [1.82, 2.24) is 10.2 Å². The number of hydrogen-bond donors (Lipinski definition) is 1. The molecule has 0 spiro atoms. The Labute approximate surface area is 118 Å². The quantitative estimate of drug-likeness (QED) is 0.664. The van der Waals surface area contributed by atoms with Crippen molar-refractivity contribution in [3.63, 3.8) is 0 Å². The second kappa shape index (κ2) is 4.66. The second-order valence-electron chi connectivity index (χ2n) is 5.22. The first kappa shape index (κ1) is 12.7. The fourth-order valence-corrected chi connectivity index (χ4v) is 5.08. The molecule has 3 rings (SSSR count). The number of nitrogens with zero attached hydrogens (tertiary/aromatic N) is 1. The van der Waals surface area contributed by atoms with Crippen LogP contribution in [-0.2, 0) is 4.79 Å². The first-order chi connectivity index (χ1) is 9.11. The van der Waals surface area contributed by atoms with E-state index in [1.807, 2.05) is 25.1 Å². The van der Waals surface area contributed by atoms with Gasteiger partial charge >= 0.3 is 118 Å². The molecular weight excluding hydrogens is 307 g/mol. The van der Waals surface area contributed by atoms with Crippen molar-refractivity contribution in [2.45, 2.75) is 36.7 Å². The average Bonchev–Trinajstić information content (AvgIpc) is 2.85. The topological polar surface area (TPSA) is 49.4 Å². The monoisotopic (exact) mass is 324 g/mol. The molecule has 100 valence electrons. The molecule has 2 aliphatic heterocycles. The number of nitrogens with one attached hydrogen (secondary N) is 1. The molecule has 1 aromatic carbocycles. The molecular formula is C14H16N2O2Se. The summed E-state index contributed by atoms with van der Waals surface area (Å²) in [6.45, 7) is 1.88. The Balaban J connectivity index is 1.70. The second-order valence-corrected chi connectivity index (χ2v) is 7.51. The molecule has 3 amide bonds. The molecule has 0 unspecified atom stereocenters. The number of rotatable bonds is 3. The van der Waals surface area contributed by atoms with Gasteiger partial charge in [0.15, 0.2) is 0 Å². The van der Waals surface area contributed by atoms with Crippen LogP contribution in [0.2, 0.25) is 5.32 Å². The third-order valence-electron chi connectivity index (χ3n) is 3.98. The van der Waals surface area contributed by atoms with Gasteiger partial charge in [-0.2, -0.15) is 0 Å². The van der Waals surface area contributed by atoms with Crippen LogP contribution >= 0.6 is 0 Å². The summed E-state index contributed by atoms with van der Waals surface area (Å²) in [4.78, 5) is 25.5. The first-order valence-corrected chi connectivity index (χ1v) is 8.51. The predicted octanol–water partition coefficient (Wildman–Crippen LogP) is 0.907. The third-order valence-corrected chi connectivity index (χ3v) is 6.40. The molecule has 2 saturated heterocycles. The van der Waals surface area contributed by atoms with Crippen LogP contribution in [0.1, 0.15) is 19.8 Å². The van der Waals surface area contributed by atoms with Crippen molar-refractivity contribution in [1.29, 1.82) is 0 Å². The van der Waals surface area contributed by atoms with Gasteiger partial charge < -0.3 is 0 Å². The molecule has 5 heteroatoms. The van der Waals surface area contributed by atoms with Crippen LogP contribution in [0, 0.1) is 0 Å². The molecule has 0 saturated carbocycles. The fraction of sp³-hybridized carbons (Fsp3) is 0.429. The van der Waals surface area contributed by atoms with Crippen molar-refractivity contribution in [2.75, 3.05) is 0 Å². The van der Waals surface area contributed by atoms with Gasteiger partial charge in [0.05, 0.1) is 0 Å². The zero-order chi connectivity index (χ0) is 13.5. The average molecular weight is 323 g/mol. The van der Waals surface area contributed by atoms with E-state index in [9.17, 15) is 9.59 Å². The van der Waals surface area contributed by atoms with Crippen LogP contribution < -0.4 is 9.78 Å². The van der Waals surface area contributed by atoms with Gasteiger partial charge in [0.25, 0.3) is 0 Å². The van der Waals surface area contributed by atoms with Crippen LogP contribution in [-0.4, -0.2) is 43.4 Å². The fourth-order valence-electron chi connectivity index (χ4n) is 2.87. The summed E-state index contributed by atoms with van der Waals surface area (Å²) < 4.78 is 1.34. The molecule has 0 aromatic heterocycles. The minimum atomic E-state index is -0.603. The van der Waals surface area contributed by atoms with Crippen LogP contribution in [0.4, 0.5) is 4.79 Å². The standard InChI is InChI=1S/C14H16N2O2Se/c1-14-8-7-10(16(14)13(18)15-12(14)17)9-19-11-5-3-2-4-6-11/h2-6,10H,7-9H2,1H3,(H,15,17,18)/t10-,14-/m0/s1. The summed E-state index contributed by atoms with van der Waals surface area (Å²) >= 11 is 0.350. The van der Waals surface area contributed by atoms with E-state index in [2.05, 4.69) is 17.4 Å². The molecule has 0 aliphatic carbocycles. The van der Waals surface area contributed by atoms with Gasteiger partial charge in [0.2, 0.25) is 0 Å².